The van der Waals surface area contributed by atoms with Crippen LogP contribution in [0.5, 0.6) is 0 Å². The van der Waals surface area contributed by atoms with Gasteiger partial charge in [0.05, 0.1) is 11.5 Å². The summed E-state index contributed by atoms with van der Waals surface area (Å²) in [6, 6.07) is 2.78. The van der Waals surface area contributed by atoms with Crippen molar-refractivity contribution in [3.63, 3.8) is 0 Å². The zero-order valence-electron chi connectivity index (χ0n) is 10.0. The quantitative estimate of drug-likeness (QED) is 0.881. The molecule has 0 saturated heterocycles. The van der Waals surface area contributed by atoms with Crippen LogP contribution < -0.4 is 5.32 Å². The molecule has 1 saturated carbocycles. The molecule has 6 heteroatoms. The van der Waals surface area contributed by atoms with Gasteiger partial charge in [-0.1, -0.05) is 12.5 Å². The lowest BCUT2D eigenvalue weighted by Crippen LogP contribution is -2.40. The van der Waals surface area contributed by atoms with E-state index in [-0.39, 0.29) is 0 Å². The normalized spacial score (nSPS) is 22.2. The molecule has 0 radical (unpaired) electrons. The summed E-state index contributed by atoms with van der Waals surface area (Å²) in [6.07, 6.45) is 1.69. The van der Waals surface area contributed by atoms with Gasteiger partial charge in [-0.3, -0.25) is 9.59 Å². The Balaban J connectivity index is 2.13. The lowest BCUT2D eigenvalue weighted by molar-refractivity contribution is -0.142. The van der Waals surface area contributed by atoms with Crippen LogP contribution in [0.25, 0.3) is 0 Å². The van der Waals surface area contributed by atoms with E-state index in [2.05, 4.69) is 5.32 Å². The third-order valence-electron chi connectivity index (χ3n) is 3.35. The van der Waals surface area contributed by atoms with Crippen molar-refractivity contribution in [1.82, 2.24) is 5.32 Å². The topological polar surface area (TPSA) is 66.4 Å². The van der Waals surface area contributed by atoms with Crippen LogP contribution in [0.4, 0.5) is 8.78 Å². The molecule has 2 unspecified atom stereocenters. The Bertz CT molecular complexity index is 519. The number of aliphatic carboxylic acids is 1. The average Bonchev–Trinajstić information content (AvgIpc) is 2.80. The van der Waals surface area contributed by atoms with E-state index in [9.17, 15) is 18.4 Å². The summed E-state index contributed by atoms with van der Waals surface area (Å²) < 4.78 is 26.4. The minimum atomic E-state index is -1.22. The predicted molar refractivity (Wildman–Crippen MR) is 62.6 cm³/mol. The molecule has 1 fully saturated rings. The van der Waals surface area contributed by atoms with Crippen LogP contribution in [-0.4, -0.2) is 23.0 Å². The van der Waals surface area contributed by atoms with Gasteiger partial charge in [-0.15, -0.1) is 0 Å². The monoisotopic (exact) mass is 269 g/mol. The molecule has 0 spiro atoms. The standard InChI is InChI=1S/C13H13F2NO3/c14-9-5-1-4-8(11(9)15)12(17)16-10-6-2-3-7(10)13(18)19/h1,4-5,7,10H,2-3,6H2,(H,16,17)(H,18,19). The number of amides is 1. The largest absolute Gasteiger partial charge is 0.481 e. The highest BCUT2D eigenvalue weighted by molar-refractivity contribution is 5.95. The summed E-state index contributed by atoms with van der Waals surface area (Å²) in [7, 11) is 0. The Labute approximate surface area is 108 Å². The van der Waals surface area contributed by atoms with Crippen LogP contribution in [0.2, 0.25) is 0 Å². The first-order valence-electron chi connectivity index (χ1n) is 5.98. The number of rotatable bonds is 3. The molecule has 1 aliphatic rings. The molecule has 2 rings (SSSR count). The predicted octanol–water partition coefficient (Wildman–Crippen LogP) is 1.95. The van der Waals surface area contributed by atoms with Gasteiger partial charge in [0, 0.05) is 6.04 Å². The smallest absolute Gasteiger partial charge is 0.308 e. The molecule has 1 aromatic rings. The van der Waals surface area contributed by atoms with Crippen molar-refractivity contribution in [2.24, 2.45) is 5.92 Å². The second-order valence-electron chi connectivity index (χ2n) is 4.56. The number of hydrogen-bond donors (Lipinski definition) is 2. The molecule has 4 nitrogen and oxygen atoms in total. The molecule has 102 valence electrons. The lowest BCUT2D eigenvalue weighted by Gasteiger charge is -2.17. The van der Waals surface area contributed by atoms with Crippen LogP contribution in [0.3, 0.4) is 0 Å². The van der Waals surface area contributed by atoms with E-state index in [1.54, 1.807) is 0 Å². The fourth-order valence-electron chi connectivity index (χ4n) is 2.35. The van der Waals surface area contributed by atoms with Crippen molar-refractivity contribution in [3.05, 3.63) is 35.4 Å². The third-order valence-corrected chi connectivity index (χ3v) is 3.35. The molecule has 0 aromatic heterocycles. The first-order chi connectivity index (χ1) is 9.00. The lowest BCUT2D eigenvalue weighted by atomic mass is 10.0. The molecule has 1 amide bonds. The summed E-state index contributed by atoms with van der Waals surface area (Å²) in [5, 5.41) is 11.4. The molecule has 0 bridgehead atoms. The number of halogens is 2. The van der Waals surface area contributed by atoms with Gasteiger partial charge in [-0.05, 0) is 25.0 Å². The summed E-state index contributed by atoms with van der Waals surface area (Å²) in [5.41, 5.74) is -0.406. The molecule has 19 heavy (non-hydrogen) atoms. The fourth-order valence-corrected chi connectivity index (χ4v) is 2.35. The highest BCUT2D eigenvalue weighted by atomic mass is 19.2. The zero-order valence-corrected chi connectivity index (χ0v) is 10.0. The maximum absolute atomic E-state index is 13.4. The summed E-state index contributed by atoms with van der Waals surface area (Å²) in [6.45, 7) is 0. The van der Waals surface area contributed by atoms with Crippen molar-refractivity contribution in [3.8, 4) is 0 Å². The van der Waals surface area contributed by atoms with Gasteiger partial charge < -0.3 is 10.4 Å². The van der Waals surface area contributed by atoms with Gasteiger partial charge in [0.1, 0.15) is 0 Å². The molecule has 0 heterocycles. The highest BCUT2D eigenvalue weighted by Gasteiger charge is 2.34. The summed E-state index contributed by atoms with van der Waals surface area (Å²) >= 11 is 0. The van der Waals surface area contributed by atoms with Crippen LogP contribution in [0.15, 0.2) is 18.2 Å². The molecular formula is C13H13F2NO3. The summed E-state index contributed by atoms with van der Waals surface area (Å²) in [4.78, 5) is 22.8. The molecule has 1 aliphatic carbocycles. The number of hydrogen-bond acceptors (Lipinski definition) is 2. The third kappa shape index (κ3) is 2.72. The Kier molecular flexibility index (Phi) is 3.78. The minimum Gasteiger partial charge on any atom is -0.481 e. The first-order valence-corrected chi connectivity index (χ1v) is 5.98. The molecular weight excluding hydrogens is 256 g/mol. The Hall–Kier alpha value is -1.98. The highest BCUT2D eigenvalue weighted by Crippen LogP contribution is 2.26. The maximum atomic E-state index is 13.4. The van der Waals surface area contributed by atoms with E-state index < -0.39 is 41.0 Å². The van der Waals surface area contributed by atoms with Crippen molar-refractivity contribution in [1.29, 1.82) is 0 Å². The molecule has 2 atom stereocenters. The number of carboxylic acid groups (broad SMARTS) is 1. The maximum Gasteiger partial charge on any atom is 0.308 e. The number of carbonyl (C=O) groups excluding carboxylic acids is 1. The fraction of sp³-hybridized carbons (Fsp3) is 0.385. The van der Waals surface area contributed by atoms with Crippen LogP contribution in [0.1, 0.15) is 29.6 Å². The Morgan fingerprint density at radius 1 is 1.26 bits per heavy atom. The number of benzene rings is 1. The van der Waals surface area contributed by atoms with Gasteiger partial charge in [0.25, 0.3) is 5.91 Å². The van der Waals surface area contributed by atoms with Crippen LogP contribution in [0, 0.1) is 17.6 Å². The molecule has 2 N–H and O–H groups in total. The second-order valence-corrected chi connectivity index (χ2v) is 4.56. The molecule has 1 aromatic carbocycles. The van der Waals surface area contributed by atoms with Crippen molar-refractivity contribution < 1.29 is 23.5 Å². The summed E-state index contributed by atoms with van der Waals surface area (Å²) in [5.74, 6) is -4.75. The van der Waals surface area contributed by atoms with E-state index >= 15 is 0 Å². The van der Waals surface area contributed by atoms with E-state index in [0.717, 1.165) is 6.07 Å². The van der Waals surface area contributed by atoms with Crippen LogP contribution in [-0.2, 0) is 4.79 Å². The van der Waals surface area contributed by atoms with E-state index in [4.69, 9.17) is 5.11 Å². The van der Waals surface area contributed by atoms with Gasteiger partial charge in [-0.25, -0.2) is 8.78 Å². The van der Waals surface area contributed by atoms with Gasteiger partial charge in [-0.2, -0.15) is 0 Å². The number of nitrogens with one attached hydrogen (secondary N) is 1. The Morgan fingerprint density at radius 3 is 2.68 bits per heavy atom. The Morgan fingerprint density at radius 2 is 2.00 bits per heavy atom. The SMILES string of the molecule is O=C(NC1CCCC1C(=O)O)c1cccc(F)c1F. The van der Waals surface area contributed by atoms with E-state index in [1.165, 1.54) is 12.1 Å². The van der Waals surface area contributed by atoms with E-state index in [0.29, 0.717) is 19.3 Å². The average molecular weight is 269 g/mol. The van der Waals surface area contributed by atoms with E-state index in [1.807, 2.05) is 0 Å². The second kappa shape index (κ2) is 5.34. The van der Waals surface area contributed by atoms with Gasteiger partial charge >= 0.3 is 5.97 Å². The van der Waals surface area contributed by atoms with Crippen molar-refractivity contribution in [2.45, 2.75) is 25.3 Å². The molecule has 0 aliphatic heterocycles. The van der Waals surface area contributed by atoms with Crippen molar-refractivity contribution in [2.75, 3.05) is 0 Å². The number of carboxylic acids is 1. The number of carbonyl (C=O) groups is 2. The van der Waals surface area contributed by atoms with Gasteiger partial charge in [0.15, 0.2) is 11.6 Å². The first kappa shape index (κ1) is 13.5. The van der Waals surface area contributed by atoms with Crippen molar-refractivity contribution >= 4 is 11.9 Å². The van der Waals surface area contributed by atoms with Gasteiger partial charge in [0.2, 0.25) is 0 Å². The minimum absolute atomic E-state index is 0.406. The van der Waals surface area contributed by atoms with Crippen LogP contribution >= 0.6 is 0 Å². The zero-order chi connectivity index (χ0) is 14.0.